The smallest absolute Gasteiger partial charge is 0.345 e. The van der Waals surface area contributed by atoms with Crippen LogP contribution in [0.3, 0.4) is 0 Å². The lowest BCUT2D eigenvalue weighted by Gasteiger charge is -2.10. The first-order valence-electron chi connectivity index (χ1n) is 9.97. The number of rotatable bonds is 8. The third kappa shape index (κ3) is 5.22. The van der Waals surface area contributed by atoms with Gasteiger partial charge in [-0.3, -0.25) is 4.57 Å². The summed E-state index contributed by atoms with van der Waals surface area (Å²) in [5.74, 6) is 1.76. The first kappa shape index (κ1) is 19.7. The van der Waals surface area contributed by atoms with Gasteiger partial charge in [-0.25, -0.2) is 14.5 Å². The summed E-state index contributed by atoms with van der Waals surface area (Å²) < 4.78 is 3.44. The Hall–Kier alpha value is -2.09. The first-order valence-corrected chi connectivity index (χ1v) is 10.8. The molecule has 2 aromatic heterocycles. The Kier molecular flexibility index (Phi) is 7.09. The molecule has 0 aromatic carbocycles. The second kappa shape index (κ2) is 9.73. The van der Waals surface area contributed by atoms with E-state index in [1.807, 2.05) is 15.9 Å². The molecule has 2 N–H and O–H groups in total. The van der Waals surface area contributed by atoms with Gasteiger partial charge in [0.25, 0.3) is 0 Å². The molecule has 1 aliphatic heterocycles. The van der Waals surface area contributed by atoms with Crippen LogP contribution in [-0.2, 0) is 32.5 Å². The molecule has 148 valence electrons. The molecule has 0 saturated carbocycles. The lowest BCUT2D eigenvalue weighted by molar-refractivity contribution is 0.509. The molecule has 0 aliphatic carbocycles. The van der Waals surface area contributed by atoms with Gasteiger partial charge in [0.05, 0.1) is 6.54 Å². The monoisotopic (exact) mass is 390 g/mol. The third-order valence-electron chi connectivity index (χ3n) is 4.67. The second-order valence-corrected chi connectivity index (χ2v) is 7.98. The number of aliphatic imine (C=N–C) groups is 1. The molecular weight excluding hydrogens is 360 g/mol. The van der Waals surface area contributed by atoms with Gasteiger partial charge < -0.3 is 10.6 Å². The van der Waals surface area contributed by atoms with Gasteiger partial charge >= 0.3 is 5.69 Å². The van der Waals surface area contributed by atoms with Crippen molar-refractivity contribution < 1.29 is 0 Å². The van der Waals surface area contributed by atoms with Gasteiger partial charge in [-0.2, -0.15) is 5.10 Å². The van der Waals surface area contributed by atoms with Crippen LogP contribution in [0, 0.1) is 0 Å². The van der Waals surface area contributed by atoms with Crippen molar-refractivity contribution in [2.24, 2.45) is 4.99 Å². The zero-order valence-corrected chi connectivity index (χ0v) is 17.1. The Labute approximate surface area is 164 Å². The number of fused-ring (bicyclic) bond motifs is 1. The first-order chi connectivity index (χ1) is 13.2. The fraction of sp³-hybridized carbons (Fsp3) is 0.632. The van der Waals surface area contributed by atoms with Gasteiger partial charge in [-0.1, -0.05) is 6.92 Å². The zero-order chi connectivity index (χ0) is 19.1. The minimum atomic E-state index is 0.0368. The van der Waals surface area contributed by atoms with Crippen LogP contribution in [0.2, 0.25) is 0 Å². The maximum absolute atomic E-state index is 12.3. The Bertz CT molecular complexity index is 819. The largest absolute Gasteiger partial charge is 0.357 e. The van der Waals surface area contributed by atoms with Crippen molar-refractivity contribution in [3.05, 3.63) is 38.2 Å². The van der Waals surface area contributed by atoms with Gasteiger partial charge in [0.2, 0.25) is 0 Å². The van der Waals surface area contributed by atoms with E-state index < -0.39 is 0 Å². The lowest BCUT2D eigenvalue weighted by Crippen LogP contribution is -2.38. The van der Waals surface area contributed by atoms with E-state index in [-0.39, 0.29) is 5.69 Å². The summed E-state index contributed by atoms with van der Waals surface area (Å²) in [6.07, 6.45) is 5.03. The number of nitrogens with one attached hydrogen (secondary N) is 2. The molecule has 8 heteroatoms. The molecule has 1 aliphatic rings. The summed E-state index contributed by atoms with van der Waals surface area (Å²) in [7, 11) is 0. The van der Waals surface area contributed by atoms with Crippen LogP contribution in [0.25, 0.3) is 0 Å². The molecule has 0 spiro atoms. The van der Waals surface area contributed by atoms with Crippen LogP contribution >= 0.6 is 11.3 Å². The third-order valence-corrected chi connectivity index (χ3v) is 5.89. The quantitative estimate of drug-likeness (QED) is 0.411. The molecule has 27 heavy (non-hydrogen) atoms. The Balaban J connectivity index is 1.49. The molecule has 0 radical (unpaired) electrons. The van der Waals surface area contributed by atoms with Crippen molar-refractivity contribution in [3.63, 3.8) is 0 Å². The van der Waals surface area contributed by atoms with Crippen molar-refractivity contribution in [1.82, 2.24) is 25.0 Å². The molecule has 7 nitrogen and oxygen atoms in total. The average Bonchev–Trinajstić information content (AvgIpc) is 3.28. The summed E-state index contributed by atoms with van der Waals surface area (Å²) >= 11 is 1.82. The molecule has 0 atom stereocenters. The van der Waals surface area contributed by atoms with Gasteiger partial charge in [-0.05, 0) is 44.7 Å². The van der Waals surface area contributed by atoms with E-state index in [0.717, 1.165) is 63.5 Å². The van der Waals surface area contributed by atoms with Crippen LogP contribution in [0.15, 0.2) is 21.9 Å². The van der Waals surface area contributed by atoms with Crippen molar-refractivity contribution in [2.75, 3.05) is 13.1 Å². The van der Waals surface area contributed by atoms with E-state index in [9.17, 15) is 4.79 Å². The highest BCUT2D eigenvalue weighted by molar-refractivity contribution is 7.11. The molecule has 0 saturated heterocycles. The summed E-state index contributed by atoms with van der Waals surface area (Å²) in [5, 5.41) is 11.1. The highest BCUT2D eigenvalue weighted by Crippen LogP contribution is 2.17. The Morgan fingerprint density at radius 2 is 2.11 bits per heavy atom. The molecular formula is C19H30N6OS. The fourth-order valence-electron chi connectivity index (χ4n) is 3.23. The van der Waals surface area contributed by atoms with E-state index in [2.05, 4.69) is 46.7 Å². The minimum absolute atomic E-state index is 0.0368. The van der Waals surface area contributed by atoms with Gasteiger partial charge in [-0.15, -0.1) is 11.3 Å². The Morgan fingerprint density at radius 1 is 1.26 bits per heavy atom. The molecule has 0 bridgehead atoms. The van der Waals surface area contributed by atoms with Crippen molar-refractivity contribution in [3.8, 4) is 0 Å². The highest BCUT2D eigenvalue weighted by Gasteiger charge is 2.16. The van der Waals surface area contributed by atoms with Crippen LogP contribution < -0.4 is 16.3 Å². The van der Waals surface area contributed by atoms with Crippen molar-refractivity contribution in [1.29, 1.82) is 0 Å². The van der Waals surface area contributed by atoms with E-state index in [0.29, 0.717) is 13.1 Å². The van der Waals surface area contributed by atoms with E-state index in [4.69, 9.17) is 0 Å². The number of nitrogens with zero attached hydrogens (tertiary/aromatic N) is 4. The molecule has 3 rings (SSSR count). The molecule has 2 aromatic rings. The molecule has 0 fully saturated rings. The average molecular weight is 391 g/mol. The molecule has 0 amide bonds. The van der Waals surface area contributed by atoms with Gasteiger partial charge in [0, 0.05) is 42.4 Å². The standard InChI is InChI=1S/C19H30N6OS/c1-3-15-9-10-16(27-15)14-22-18(20-4-2)21-11-7-13-25-19(26)24-12-6-5-8-17(24)23-25/h9-10H,3-8,11-14H2,1-2H3,(H2,20,21,22). The Morgan fingerprint density at radius 3 is 2.85 bits per heavy atom. The minimum Gasteiger partial charge on any atom is -0.357 e. The number of aryl methyl sites for hydroxylation is 3. The maximum atomic E-state index is 12.3. The number of aromatic nitrogens is 3. The highest BCUT2D eigenvalue weighted by atomic mass is 32.1. The summed E-state index contributed by atoms with van der Waals surface area (Å²) in [4.78, 5) is 19.7. The fourth-order valence-corrected chi connectivity index (χ4v) is 4.11. The predicted octanol–water partition coefficient (Wildman–Crippen LogP) is 2.15. The predicted molar refractivity (Wildman–Crippen MR) is 111 cm³/mol. The lowest BCUT2D eigenvalue weighted by atomic mass is 10.2. The topological polar surface area (TPSA) is 76.2 Å². The number of thiophene rings is 1. The summed E-state index contributed by atoms with van der Waals surface area (Å²) in [6.45, 7) is 7.95. The molecule has 0 unspecified atom stereocenters. The van der Waals surface area contributed by atoms with Crippen LogP contribution in [0.1, 0.15) is 48.7 Å². The van der Waals surface area contributed by atoms with E-state index in [1.165, 1.54) is 9.75 Å². The number of hydrogen-bond acceptors (Lipinski definition) is 4. The molecule has 3 heterocycles. The van der Waals surface area contributed by atoms with E-state index >= 15 is 0 Å². The normalized spacial score (nSPS) is 14.2. The zero-order valence-electron chi connectivity index (χ0n) is 16.3. The van der Waals surface area contributed by atoms with Crippen molar-refractivity contribution >= 4 is 17.3 Å². The van der Waals surface area contributed by atoms with Crippen LogP contribution in [0.5, 0.6) is 0 Å². The second-order valence-electron chi connectivity index (χ2n) is 6.73. The summed E-state index contributed by atoms with van der Waals surface area (Å²) in [5.41, 5.74) is 0.0368. The summed E-state index contributed by atoms with van der Waals surface area (Å²) in [6, 6.07) is 4.33. The van der Waals surface area contributed by atoms with Gasteiger partial charge in [0.15, 0.2) is 5.96 Å². The van der Waals surface area contributed by atoms with Crippen molar-refractivity contribution in [2.45, 2.75) is 65.6 Å². The van der Waals surface area contributed by atoms with Gasteiger partial charge in [0.1, 0.15) is 5.82 Å². The van der Waals surface area contributed by atoms with Crippen LogP contribution in [-0.4, -0.2) is 33.4 Å². The SMILES string of the molecule is CCNC(=NCc1ccc(CC)s1)NCCCn1nc2n(c1=O)CCCC2. The number of hydrogen-bond donors (Lipinski definition) is 2. The maximum Gasteiger partial charge on any atom is 0.345 e. The van der Waals surface area contributed by atoms with E-state index in [1.54, 1.807) is 4.68 Å². The number of guanidine groups is 1. The van der Waals surface area contributed by atoms with Crippen LogP contribution in [0.4, 0.5) is 0 Å².